The number of benzene rings is 1. The number of halogens is 3. The zero-order chi connectivity index (χ0) is 10.0. The lowest BCUT2D eigenvalue weighted by atomic mass is 10.3. The number of anilines is 1. The van der Waals surface area contributed by atoms with E-state index in [1.54, 1.807) is 0 Å². The molecular formula is C8H6Cl2FNO. The van der Waals surface area contributed by atoms with Crippen LogP contribution in [0.15, 0.2) is 18.2 Å². The summed E-state index contributed by atoms with van der Waals surface area (Å²) >= 11 is 10.7. The van der Waals surface area contributed by atoms with Gasteiger partial charge >= 0.3 is 5.37 Å². The average molecular weight is 222 g/mol. The van der Waals surface area contributed by atoms with Gasteiger partial charge in [-0.1, -0.05) is 11.6 Å². The molecular weight excluding hydrogens is 216 g/mol. The van der Waals surface area contributed by atoms with Gasteiger partial charge in [0.15, 0.2) is 0 Å². The Morgan fingerprint density at radius 1 is 1.54 bits per heavy atom. The van der Waals surface area contributed by atoms with Gasteiger partial charge in [0.1, 0.15) is 5.82 Å². The summed E-state index contributed by atoms with van der Waals surface area (Å²) in [6.07, 6.45) is 0. The van der Waals surface area contributed by atoms with Crippen LogP contribution in [0.2, 0.25) is 5.02 Å². The maximum Gasteiger partial charge on any atom is 0.320 e. The largest absolute Gasteiger partial charge is 0.320 e. The second-order valence-corrected chi connectivity index (χ2v) is 3.14. The highest BCUT2D eigenvalue weighted by Crippen LogP contribution is 2.22. The predicted octanol–water partition coefficient (Wildman–Crippen LogP) is 3.27. The highest BCUT2D eigenvalue weighted by atomic mass is 35.5. The van der Waals surface area contributed by atoms with Crippen molar-refractivity contribution in [2.75, 3.05) is 11.9 Å². The lowest BCUT2D eigenvalue weighted by Gasteiger charge is -2.13. The number of carbonyl (C=O) groups is 1. The summed E-state index contributed by atoms with van der Waals surface area (Å²) in [5, 5.41) is -0.690. The standard InChI is InChI=1S/C8H6Cl2FNO/c1-12(8(10)13)5-2-3-7(11)6(9)4-5/h2-4H,1H3. The Labute approximate surface area is 84.9 Å². The van der Waals surface area contributed by atoms with Crippen molar-refractivity contribution < 1.29 is 9.18 Å². The molecule has 0 saturated carbocycles. The van der Waals surface area contributed by atoms with Crippen molar-refractivity contribution in [3.05, 3.63) is 29.0 Å². The Morgan fingerprint density at radius 2 is 2.15 bits per heavy atom. The molecule has 5 heteroatoms. The van der Waals surface area contributed by atoms with E-state index in [-0.39, 0.29) is 5.02 Å². The SMILES string of the molecule is CN(C(=O)Cl)c1ccc(F)c(Cl)c1. The van der Waals surface area contributed by atoms with Gasteiger partial charge in [-0.25, -0.2) is 4.39 Å². The first-order chi connectivity index (χ1) is 6.02. The van der Waals surface area contributed by atoms with Gasteiger partial charge in [0.2, 0.25) is 0 Å². The van der Waals surface area contributed by atoms with Gasteiger partial charge in [-0.2, -0.15) is 0 Å². The van der Waals surface area contributed by atoms with E-state index in [0.29, 0.717) is 5.69 Å². The van der Waals surface area contributed by atoms with Crippen molar-refractivity contribution in [1.29, 1.82) is 0 Å². The Bertz CT molecular complexity index is 343. The first kappa shape index (κ1) is 10.3. The van der Waals surface area contributed by atoms with E-state index in [1.807, 2.05) is 0 Å². The maximum absolute atomic E-state index is 12.7. The number of carbonyl (C=O) groups excluding carboxylic acids is 1. The van der Waals surface area contributed by atoms with Crippen molar-refractivity contribution in [3.8, 4) is 0 Å². The van der Waals surface area contributed by atoms with Crippen LogP contribution in [0, 0.1) is 5.82 Å². The molecule has 0 aliphatic carbocycles. The molecule has 0 aliphatic heterocycles. The monoisotopic (exact) mass is 221 g/mol. The molecule has 0 fully saturated rings. The molecule has 0 aromatic heterocycles. The zero-order valence-electron chi connectivity index (χ0n) is 6.72. The molecule has 0 atom stereocenters. The molecule has 1 amide bonds. The topological polar surface area (TPSA) is 20.3 Å². The Kier molecular flexibility index (Phi) is 3.12. The van der Waals surface area contributed by atoms with Crippen LogP contribution in [0.4, 0.5) is 14.9 Å². The second-order valence-electron chi connectivity index (χ2n) is 2.41. The van der Waals surface area contributed by atoms with Gasteiger partial charge in [0, 0.05) is 12.7 Å². The van der Waals surface area contributed by atoms with Gasteiger partial charge in [0.05, 0.1) is 5.02 Å². The fraction of sp³-hybridized carbons (Fsp3) is 0.125. The van der Waals surface area contributed by atoms with Crippen molar-refractivity contribution in [1.82, 2.24) is 0 Å². The van der Waals surface area contributed by atoms with Crippen LogP contribution < -0.4 is 4.90 Å². The molecule has 1 aromatic rings. The van der Waals surface area contributed by atoms with Crippen LogP contribution in [-0.4, -0.2) is 12.4 Å². The van der Waals surface area contributed by atoms with Gasteiger partial charge in [-0.05, 0) is 29.8 Å². The van der Waals surface area contributed by atoms with Crippen molar-refractivity contribution in [2.24, 2.45) is 0 Å². The van der Waals surface area contributed by atoms with Crippen molar-refractivity contribution in [2.45, 2.75) is 0 Å². The highest BCUT2D eigenvalue weighted by molar-refractivity contribution is 6.66. The van der Waals surface area contributed by atoms with E-state index >= 15 is 0 Å². The maximum atomic E-state index is 12.7. The molecule has 0 heterocycles. The average Bonchev–Trinajstić information content (AvgIpc) is 2.08. The quantitative estimate of drug-likeness (QED) is 0.527. The van der Waals surface area contributed by atoms with Gasteiger partial charge in [-0.15, -0.1) is 0 Å². The van der Waals surface area contributed by atoms with Crippen LogP contribution in [0.5, 0.6) is 0 Å². The van der Waals surface area contributed by atoms with Crippen molar-refractivity contribution >= 4 is 34.3 Å². The summed E-state index contributed by atoms with van der Waals surface area (Å²) in [4.78, 5) is 11.9. The van der Waals surface area contributed by atoms with E-state index in [0.717, 1.165) is 4.90 Å². The molecule has 70 valence electrons. The summed E-state index contributed by atoms with van der Waals surface area (Å²) in [6.45, 7) is 0. The molecule has 0 N–H and O–H groups in total. The molecule has 13 heavy (non-hydrogen) atoms. The Balaban J connectivity index is 3.03. The molecule has 1 aromatic carbocycles. The fourth-order valence-electron chi connectivity index (χ4n) is 0.795. The van der Waals surface area contributed by atoms with Crippen molar-refractivity contribution in [3.63, 3.8) is 0 Å². The Hall–Kier alpha value is -0.800. The third kappa shape index (κ3) is 2.32. The van der Waals surface area contributed by atoms with Crippen LogP contribution in [0.3, 0.4) is 0 Å². The summed E-state index contributed by atoms with van der Waals surface area (Å²) in [5.41, 5.74) is 0.450. The number of hydrogen-bond donors (Lipinski definition) is 0. The summed E-state index contributed by atoms with van der Waals surface area (Å²) in [7, 11) is 1.47. The third-order valence-corrected chi connectivity index (χ3v) is 2.10. The van der Waals surface area contributed by atoms with E-state index < -0.39 is 11.2 Å². The first-order valence-electron chi connectivity index (χ1n) is 3.40. The molecule has 1 rings (SSSR count). The minimum atomic E-state index is -0.650. The van der Waals surface area contributed by atoms with Crippen LogP contribution >= 0.6 is 23.2 Å². The number of hydrogen-bond acceptors (Lipinski definition) is 1. The van der Waals surface area contributed by atoms with Gasteiger partial charge in [0.25, 0.3) is 0 Å². The summed E-state index contributed by atoms with van der Waals surface area (Å²) < 4.78 is 12.7. The molecule has 2 nitrogen and oxygen atoms in total. The van der Waals surface area contributed by atoms with E-state index in [1.165, 1.54) is 25.2 Å². The number of nitrogens with zero attached hydrogens (tertiary/aromatic N) is 1. The predicted molar refractivity (Wildman–Crippen MR) is 51.1 cm³/mol. The second kappa shape index (κ2) is 3.94. The smallest absolute Gasteiger partial charge is 0.302 e. The molecule has 0 aliphatic rings. The van der Waals surface area contributed by atoms with Crippen LogP contribution in [-0.2, 0) is 0 Å². The Morgan fingerprint density at radius 3 is 2.62 bits per heavy atom. The minimum Gasteiger partial charge on any atom is -0.302 e. The zero-order valence-corrected chi connectivity index (χ0v) is 8.23. The van der Waals surface area contributed by atoms with Gasteiger partial charge < -0.3 is 4.90 Å². The lowest BCUT2D eigenvalue weighted by Crippen LogP contribution is -2.19. The molecule has 0 unspecified atom stereocenters. The lowest BCUT2D eigenvalue weighted by molar-refractivity contribution is 0.265. The minimum absolute atomic E-state index is 0.0396. The summed E-state index contributed by atoms with van der Waals surface area (Å²) in [6, 6.07) is 3.92. The van der Waals surface area contributed by atoms with E-state index in [2.05, 4.69) is 0 Å². The van der Waals surface area contributed by atoms with Crippen LogP contribution in [0.25, 0.3) is 0 Å². The highest BCUT2D eigenvalue weighted by Gasteiger charge is 2.09. The van der Waals surface area contributed by atoms with E-state index in [4.69, 9.17) is 23.2 Å². The first-order valence-corrected chi connectivity index (χ1v) is 4.16. The molecule has 0 saturated heterocycles. The summed E-state index contributed by atoms with van der Waals surface area (Å²) in [5.74, 6) is -0.527. The molecule has 0 spiro atoms. The van der Waals surface area contributed by atoms with Gasteiger partial charge in [-0.3, -0.25) is 4.79 Å². The normalized spacial score (nSPS) is 9.85. The fourth-order valence-corrected chi connectivity index (χ4v) is 1.07. The molecule has 0 bridgehead atoms. The number of amides is 1. The van der Waals surface area contributed by atoms with E-state index in [9.17, 15) is 9.18 Å². The van der Waals surface area contributed by atoms with Crippen LogP contribution in [0.1, 0.15) is 0 Å². The third-order valence-electron chi connectivity index (χ3n) is 1.55. The molecule has 0 radical (unpaired) electrons. The number of rotatable bonds is 1.